The zero-order valence-corrected chi connectivity index (χ0v) is 12.6. The Labute approximate surface area is 126 Å². The minimum Gasteiger partial charge on any atom is -0.497 e. The number of ether oxygens (including phenoxy) is 2. The fraction of sp³-hybridized carbons (Fsp3) is 0.250. The molecule has 0 radical (unpaired) electrons. The predicted molar refractivity (Wildman–Crippen MR) is 81.5 cm³/mol. The molecule has 1 aromatic carbocycles. The average Bonchev–Trinajstić information content (AvgIpc) is 2.57. The third kappa shape index (κ3) is 2.04. The second kappa shape index (κ2) is 5.22. The van der Waals surface area contributed by atoms with Crippen molar-refractivity contribution in [1.29, 1.82) is 0 Å². The van der Waals surface area contributed by atoms with Crippen LogP contribution >= 0.6 is 0 Å². The lowest BCUT2D eigenvalue weighted by molar-refractivity contribution is 0.399. The predicted octanol–water partition coefficient (Wildman–Crippen LogP) is 1.13. The van der Waals surface area contributed by atoms with E-state index in [9.17, 15) is 9.59 Å². The van der Waals surface area contributed by atoms with Crippen LogP contribution in [0.25, 0.3) is 0 Å². The van der Waals surface area contributed by atoms with Crippen molar-refractivity contribution < 1.29 is 9.47 Å². The molecule has 2 heterocycles. The number of aromatic nitrogens is 2. The van der Waals surface area contributed by atoms with Crippen molar-refractivity contribution in [2.45, 2.75) is 5.92 Å². The van der Waals surface area contributed by atoms with E-state index in [-0.39, 0.29) is 17.4 Å². The molecule has 6 nitrogen and oxygen atoms in total. The normalized spacial score (nSPS) is 16.0. The van der Waals surface area contributed by atoms with Crippen molar-refractivity contribution in [3.8, 4) is 11.6 Å². The number of benzene rings is 1. The lowest BCUT2D eigenvalue weighted by Crippen LogP contribution is -2.40. The van der Waals surface area contributed by atoms with Crippen LogP contribution < -0.4 is 20.7 Å². The molecule has 0 saturated carbocycles. The third-order valence-electron chi connectivity index (χ3n) is 3.88. The molecule has 1 aliphatic heterocycles. The minimum absolute atomic E-state index is 0.264. The van der Waals surface area contributed by atoms with Gasteiger partial charge in [0, 0.05) is 20.0 Å². The van der Waals surface area contributed by atoms with Gasteiger partial charge in [0.2, 0.25) is 5.88 Å². The van der Waals surface area contributed by atoms with Gasteiger partial charge in [0.15, 0.2) is 0 Å². The monoisotopic (exact) mass is 300 g/mol. The highest BCUT2D eigenvalue weighted by Gasteiger charge is 2.27. The zero-order chi connectivity index (χ0) is 15.9. The first-order valence-corrected chi connectivity index (χ1v) is 6.81. The van der Waals surface area contributed by atoms with Gasteiger partial charge in [-0.25, -0.2) is 4.79 Å². The van der Waals surface area contributed by atoms with Crippen LogP contribution in [0.5, 0.6) is 11.6 Å². The van der Waals surface area contributed by atoms with E-state index in [1.54, 1.807) is 20.2 Å². The maximum absolute atomic E-state index is 12.5. The van der Waals surface area contributed by atoms with Crippen molar-refractivity contribution in [2.24, 2.45) is 14.1 Å². The highest BCUT2D eigenvalue weighted by Crippen LogP contribution is 2.33. The molecule has 22 heavy (non-hydrogen) atoms. The SMILES string of the molecule is COc1ccc(C2C=COc3c2c(=O)n(C)c(=O)n3C)cc1. The Kier molecular flexibility index (Phi) is 3.36. The van der Waals surface area contributed by atoms with Gasteiger partial charge in [-0.05, 0) is 23.8 Å². The summed E-state index contributed by atoms with van der Waals surface area (Å²) in [7, 11) is 4.66. The largest absolute Gasteiger partial charge is 0.497 e. The van der Waals surface area contributed by atoms with E-state index < -0.39 is 5.69 Å². The molecule has 0 bridgehead atoms. The summed E-state index contributed by atoms with van der Waals surface area (Å²) in [6, 6.07) is 7.47. The molecule has 1 atom stereocenters. The van der Waals surface area contributed by atoms with Crippen LogP contribution in [0.1, 0.15) is 17.0 Å². The van der Waals surface area contributed by atoms with Crippen molar-refractivity contribution in [3.63, 3.8) is 0 Å². The third-order valence-corrected chi connectivity index (χ3v) is 3.88. The standard InChI is InChI=1S/C16H16N2O4/c1-17-14(19)13-12(10-4-6-11(21-3)7-5-10)8-9-22-15(13)18(2)16(17)20/h4-9,12H,1-3H3. The Morgan fingerprint density at radius 3 is 2.41 bits per heavy atom. The van der Waals surface area contributed by atoms with Crippen LogP contribution in [0.15, 0.2) is 46.2 Å². The maximum Gasteiger partial charge on any atom is 0.333 e. The van der Waals surface area contributed by atoms with Crippen LogP contribution in [0.4, 0.5) is 0 Å². The minimum atomic E-state index is -0.410. The summed E-state index contributed by atoms with van der Waals surface area (Å²) in [6.07, 6.45) is 3.31. The van der Waals surface area contributed by atoms with Crippen LogP contribution in [0.2, 0.25) is 0 Å². The molecule has 0 fully saturated rings. The first kappa shape index (κ1) is 14.2. The van der Waals surface area contributed by atoms with Gasteiger partial charge in [-0.3, -0.25) is 13.9 Å². The van der Waals surface area contributed by atoms with E-state index in [1.807, 2.05) is 24.3 Å². The lowest BCUT2D eigenvalue weighted by Gasteiger charge is -2.22. The number of hydrogen-bond acceptors (Lipinski definition) is 4. The average molecular weight is 300 g/mol. The molecular weight excluding hydrogens is 284 g/mol. The first-order valence-electron chi connectivity index (χ1n) is 6.81. The zero-order valence-electron chi connectivity index (χ0n) is 12.6. The maximum atomic E-state index is 12.5. The summed E-state index contributed by atoms with van der Waals surface area (Å²) in [6.45, 7) is 0. The van der Waals surface area contributed by atoms with E-state index in [0.717, 1.165) is 15.9 Å². The topological polar surface area (TPSA) is 62.5 Å². The number of fused-ring (bicyclic) bond motifs is 1. The number of methoxy groups -OCH3 is 1. The molecule has 6 heteroatoms. The van der Waals surface area contributed by atoms with Crippen LogP contribution in [-0.2, 0) is 14.1 Å². The summed E-state index contributed by atoms with van der Waals surface area (Å²) < 4.78 is 13.0. The van der Waals surface area contributed by atoms with Crippen LogP contribution in [0, 0.1) is 0 Å². The molecule has 0 aliphatic carbocycles. The smallest absolute Gasteiger partial charge is 0.333 e. The highest BCUT2D eigenvalue weighted by atomic mass is 16.5. The van der Waals surface area contributed by atoms with E-state index in [1.165, 1.54) is 17.9 Å². The molecule has 1 aliphatic rings. The summed E-state index contributed by atoms with van der Waals surface area (Å²) in [5, 5.41) is 0. The molecule has 2 aromatic rings. The second-order valence-corrected chi connectivity index (χ2v) is 5.12. The Bertz CT molecular complexity index is 859. The summed E-state index contributed by atoms with van der Waals surface area (Å²) in [5.74, 6) is 0.768. The van der Waals surface area contributed by atoms with E-state index in [0.29, 0.717) is 5.56 Å². The Morgan fingerprint density at radius 1 is 1.09 bits per heavy atom. The van der Waals surface area contributed by atoms with Gasteiger partial charge in [-0.1, -0.05) is 12.1 Å². The molecule has 3 rings (SSSR count). The number of hydrogen-bond donors (Lipinski definition) is 0. The Hall–Kier alpha value is -2.76. The summed E-state index contributed by atoms with van der Waals surface area (Å²) >= 11 is 0. The van der Waals surface area contributed by atoms with Gasteiger partial charge >= 0.3 is 5.69 Å². The molecule has 114 valence electrons. The van der Waals surface area contributed by atoms with Gasteiger partial charge < -0.3 is 9.47 Å². The van der Waals surface area contributed by atoms with E-state index >= 15 is 0 Å². The van der Waals surface area contributed by atoms with Crippen molar-refractivity contribution in [3.05, 3.63) is 68.6 Å². The van der Waals surface area contributed by atoms with Crippen molar-refractivity contribution in [1.82, 2.24) is 9.13 Å². The van der Waals surface area contributed by atoms with Gasteiger partial charge in [0.1, 0.15) is 5.75 Å². The summed E-state index contributed by atoms with van der Waals surface area (Å²) in [5.41, 5.74) is 0.630. The Balaban J connectivity index is 2.21. The molecule has 1 unspecified atom stereocenters. The number of allylic oxidation sites excluding steroid dienone is 1. The highest BCUT2D eigenvalue weighted by molar-refractivity contribution is 5.44. The fourth-order valence-electron chi connectivity index (χ4n) is 2.63. The van der Waals surface area contributed by atoms with Gasteiger partial charge in [-0.15, -0.1) is 0 Å². The first-order chi connectivity index (χ1) is 10.5. The lowest BCUT2D eigenvalue weighted by atomic mass is 9.91. The molecule has 0 saturated heterocycles. The quantitative estimate of drug-likeness (QED) is 0.834. The molecular formula is C16H16N2O4. The van der Waals surface area contributed by atoms with Crippen molar-refractivity contribution >= 4 is 0 Å². The number of nitrogens with zero attached hydrogens (tertiary/aromatic N) is 2. The molecule has 0 amide bonds. The van der Waals surface area contributed by atoms with Gasteiger partial charge in [0.05, 0.1) is 18.9 Å². The van der Waals surface area contributed by atoms with E-state index in [2.05, 4.69) is 0 Å². The molecule has 0 spiro atoms. The van der Waals surface area contributed by atoms with E-state index in [4.69, 9.17) is 9.47 Å². The van der Waals surface area contributed by atoms with Gasteiger partial charge in [0.25, 0.3) is 5.56 Å². The van der Waals surface area contributed by atoms with Crippen LogP contribution in [0.3, 0.4) is 0 Å². The summed E-state index contributed by atoms with van der Waals surface area (Å²) in [4.78, 5) is 24.5. The Morgan fingerprint density at radius 2 is 1.77 bits per heavy atom. The van der Waals surface area contributed by atoms with Crippen LogP contribution in [-0.4, -0.2) is 16.2 Å². The van der Waals surface area contributed by atoms with Crippen molar-refractivity contribution in [2.75, 3.05) is 7.11 Å². The molecule has 1 aromatic heterocycles. The second-order valence-electron chi connectivity index (χ2n) is 5.12. The van der Waals surface area contributed by atoms with Gasteiger partial charge in [-0.2, -0.15) is 0 Å². The fourth-order valence-corrected chi connectivity index (χ4v) is 2.63. The number of rotatable bonds is 2. The molecule has 0 N–H and O–H groups in total.